The number of oxazole rings is 1. The van der Waals surface area contributed by atoms with E-state index < -0.39 is 0 Å². The van der Waals surface area contributed by atoms with Crippen molar-refractivity contribution in [3.05, 3.63) is 39.6 Å². The Balaban J connectivity index is 2.49. The lowest BCUT2D eigenvalue weighted by Gasteiger charge is -1.98. The molecule has 0 amide bonds. The van der Waals surface area contributed by atoms with Gasteiger partial charge in [0.2, 0.25) is 5.89 Å². The minimum absolute atomic E-state index is 0.577. The maximum Gasteiger partial charge on any atom is 0.226 e. The Morgan fingerprint density at radius 1 is 1.23 bits per heavy atom. The summed E-state index contributed by atoms with van der Waals surface area (Å²) in [7, 11) is 0. The van der Waals surface area contributed by atoms with E-state index in [0.29, 0.717) is 5.89 Å². The van der Waals surface area contributed by atoms with Gasteiger partial charge in [-0.1, -0.05) is 0 Å². The molecule has 13 heavy (non-hydrogen) atoms. The van der Waals surface area contributed by atoms with Crippen LogP contribution < -0.4 is 0 Å². The zero-order chi connectivity index (χ0) is 9.26. The lowest BCUT2D eigenvalue weighted by atomic mass is 10.2. The Hall–Kier alpha value is -0.610. The first-order valence-corrected chi connectivity index (χ1v) is 5.13. The van der Waals surface area contributed by atoms with Crippen molar-refractivity contribution in [3.8, 4) is 11.5 Å². The summed E-state index contributed by atoms with van der Waals surface area (Å²) in [5.74, 6) is 0.577. The normalized spacial score (nSPS) is 10.3. The molecule has 0 aliphatic rings. The number of benzene rings is 1. The number of halogens is 2. The van der Waals surface area contributed by atoms with Crippen LogP contribution in [0.25, 0.3) is 11.5 Å². The molecule has 1 radical (unpaired) electrons. The van der Waals surface area contributed by atoms with E-state index >= 15 is 0 Å². The van der Waals surface area contributed by atoms with E-state index in [-0.39, 0.29) is 0 Å². The minimum atomic E-state index is 0.577. The number of hydrogen-bond acceptors (Lipinski definition) is 2. The van der Waals surface area contributed by atoms with Crippen LogP contribution in [0, 0.1) is 6.20 Å². The largest absolute Gasteiger partial charge is 0.444 e. The SMILES string of the molecule is Brc1ccc(-c2n[c]co2)cc1Br. The molecule has 2 aromatic rings. The standard InChI is InChI=1S/C9H4Br2NO/c10-7-2-1-6(5-8(7)11)9-12-3-4-13-9/h1-2,4-5H. The molecule has 0 aliphatic heterocycles. The van der Waals surface area contributed by atoms with Gasteiger partial charge in [-0.3, -0.25) is 0 Å². The van der Waals surface area contributed by atoms with Gasteiger partial charge in [-0.15, -0.1) is 0 Å². The smallest absolute Gasteiger partial charge is 0.226 e. The summed E-state index contributed by atoms with van der Waals surface area (Å²) in [6.45, 7) is 0. The van der Waals surface area contributed by atoms with Gasteiger partial charge >= 0.3 is 0 Å². The van der Waals surface area contributed by atoms with Crippen molar-refractivity contribution in [3.63, 3.8) is 0 Å². The van der Waals surface area contributed by atoms with Crippen LogP contribution in [0.4, 0.5) is 0 Å². The van der Waals surface area contributed by atoms with Gasteiger partial charge in [0.05, 0.1) is 0 Å². The molecule has 2 nitrogen and oxygen atoms in total. The highest BCUT2D eigenvalue weighted by molar-refractivity contribution is 9.13. The monoisotopic (exact) mass is 300 g/mol. The minimum Gasteiger partial charge on any atom is -0.444 e. The number of rotatable bonds is 1. The summed E-state index contributed by atoms with van der Waals surface area (Å²) in [6.07, 6.45) is 4.05. The van der Waals surface area contributed by atoms with Crippen LogP contribution in [-0.4, -0.2) is 4.98 Å². The van der Waals surface area contributed by atoms with Crippen molar-refractivity contribution in [2.45, 2.75) is 0 Å². The molecule has 1 aromatic heterocycles. The van der Waals surface area contributed by atoms with Crippen LogP contribution in [-0.2, 0) is 0 Å². The molecule has 0 aliphatic carbocycles. The van der Waals surface area contributed by atoms with Gasteiger partial charge in [0.1, 0.15) is 12.5 Å². The summed E-state index contributed by atoms with van der Waals surface area (Å²) in [5, 5.41) is 0. The van der Waals surface area contributed by atoms with E-state index in [9.17, 15) is 0 Å². The van der Waals surface area contributed by atoms with Crippen molar-refractivity contribution in [2.75, 3.05) is 0 Å². The van der Waals surface area contributed by atoms with E-state index in [1.807, 2.05) is 18.2 Å². The van der Waals surface area contributed by atoms with Gasteiger partial charge in [-0.2, -0.15) is 0 Å². The van der Waals surface area contributed by atoms with Gasteiger partial charge in [0.25, 0.3) is 0 Å². The summed E-state index contributed by atoms with van der Waals surface area (Å²) in [5.41, 5.74) is 0.927. The number of hydrogen-bond donors (Lipinski definition) is 0. The third kappa shape index (κ3) is 1.84. The molecule has 0 bridgehead atoms. The zero-order valence-corrected chi connectivity index (χ0v) is 9.59. The lowest BCUT2D eigenvalue weighted by molar-refractivity contribution is 0.574. The van der Waals surface area contributed by atoms with Crippen LogP contribution in [0.3, 0.4) is 0 Å². The summed E-state index contributed by atoms with van der Waals surface area (Å²) < 4.78 is 7.09. The first-order valence-electron chi connectivity index (χ1n) is 3.54. The Morgan fingerprint density at radius 2 is 2.08 bits per heavy atom. The van der Waals surface area contributed by atoms with Gasteiger partial charge in [-0.25, -0.2) is 4.98 Å². The second-order valence-corrected chi connectivity index (χ2v) is 4.12. The maximum atomic E-state index is 5.11. The Kier molecular flexibility index (Phi) is 2.51. The molecule has 0 N–H and O–H groups in total. The highest BCUT2D eigenvalue weighted by atomic mass is 79.9. The van der Waals surface area contributed by atoms with E-state index in [2.05, 4.69) is 43.0 Å². The van der Waals surface area contributed by atoms with Crippen molar-refractivity contribution in [1.82, 2.24) is 4.98 Å². The molecule has 0 spiro atoms. The van der Waals surface area contributed by atoms with Crippen molar-refractivity contribution < 1.29 is 4.42 Å². The Labute approximate surface area is 92.2 Å². The van der Waals surface area contributed by atoms with Crippen molar-refractivity contribution in [1.29, 1.82) is 0 Å². The van der Waals surface area contributed by atoms with Crippen LogP contribution in [0.2, 0.25) is 0 Å². The first kappa shape index (κ1) is 8.97. The summed E-state index contributed by atoms with van der Waals surface area (Å²) >= 11 is 6.79. The van der Waals surface area contributed by atoms with Crippen LogP contribution >= 0.6 is 31.9 Å². The second kappa shape index (κ2) is 3.64. The third-order valence-corrected chi connectivity index (χ3v) is 3.44. The van der Waals surface area contributed by atoms with Gasteiger partial charge in [0.15, 0.2) is 0 Å². The summed E-state index contributed by atoms with van der Waals surface area (Å²) in [6, 6.07) is 5.79. The molecule has 1 aromatic carbocycles. The molecular weight excluding hydrogens is 298 g/mol. The van der Waals surface area contributed by atoms with Gasteiger partial charge in [0, 0.05) is 14.5 Å². The molecule has 0 saturated heterocycles. The lowest BCUT2D eigenvalue weighted by Crippen LogP contribution is -1.77. The molecule has 2 rings (SSSR count). The Morgan fingerprint density at radius 3 is 2.69 bits per heavy atom. The third-order valence-electron chi connectivity index (χ3n) is 1.56. The first-order chi connectivity index (χ1) is 6.27. The van der Waals surface area contributed by atoms with Crippen molar-refractivity contribution >= 4 is 31.9 Å². The van der Waals surface area contributed by atoms with Gasteiger partial charge < -0.3 is 4.42 Å². The molecule has 4 heteroatoms. The average Bonchev–Trinajstić information content (AvgIpc) is 2.62. The van der Waals surface area contributed by atoms with E-state index in [1.54, 1.807) is 0 Å². The van der Waals surface area contributed by atoms with E-state index in [1.165, 1.54) is 6.26 Å². The average molecular weight is 302 g/mol. The fraction of sp³-hybridized carbons (Fsp3) is 0. The molecule has 0 unspecified atom stereocenters. The fourth-order valence-electron chi connectivity index (χ4n) is 0.955. The number of nitrogens with zero attached hydrogens (tertiary/aromatic N) is 1. The molecule has 65 valence electrons. The second-order valence-electron chi connectivity index (χ2n) is 2.41. The highest BCUT2D eigenvalue weighted by Crippen LogP contribution is 2.28. The topological polar surface area (TPSA) is 26.0 Å². The maximum absolute atomic E-state index is 5.11. The van der Waals surface area contributed by atoms with E-state index in [4.69, 9.17) is 4.42 Å². The zero-order valence-electron chi connectivity index (χ0n) is 6.42. The Bertz CT molecular complexity index is 412. The molecule has 1 heterocycles. The van der Waals surface area contributed by atoms with Crippen molar-refractivity contribution in [2.24, 2.45) is 0 Å². The van der Waals surface area contributed by atoms with Crippen LogP contribution in [0.15, 0.2) is 37.8 Å². The fourth-order valence-corrected chi connectivity index (χ4v) is 1.58. The predicted molar refractivity (Wildman–Crippen MR) is 56.2 cm³/mol. The predicted octanol–water partition coefficient (Wildman–Crippen LogP) is 3.67. The molecule has 0 fully saturated rings. The summed E-state index contributed by atoms with van der Waals surface area (Å²) in [4.78, 5) is 3.93. The van der Waals surface area contributed by atoms with E-state index in [0.717, 1.165) is 14.5 Å². The highest BCUT2D eigenvalue weighted by Gasteiger charge is 2.04. The quantitative estimate of drug-likeness (QED) is 0.803. The number of aromatic nitrogens is 1. The molecule has 0 saturated carbocycles. The molecular formula is C9H4Br2NO. The van der Waals surface area contributed by atoms with Crippen LogP contribution in [0.1, 0.15) is 0 Å². The van der Waals surface area contributed by atoms with Crippen LogP contribution in [0.5, 0.6) is 0 Å². The molecule has 0 atom stereocenters. The van der Waals surface area contributed by atoms with Gasteiger partial charge in [-0.05, 0) is 50.1 Å².